The molecule has 0 aliphatic rings. The van der Waals surface area contributed by atoms with Gasteiger partial charge in [0.05, 0.1) is 16.4 Å². The molecule has 0 unspecified atom stereocenters. The van der Waals surface area contributed by atoms with Crippen LogP contribution in [-0.4, -0.2) is 59.9 Å². The Balaban J connectivity index is 1.71. The smallest absolute Gasteiger partial charge is 0.309 e. The third kappa shape index (κ3) is 6.13. The predicted molar refractivity (Wildman–Crippen MR) is 138 cm³/mol. The van der Waals surface area contributed by atoms with E-state index in [9.17, 15) is 13.2 Å². The van der Waals surface area contributed by atoms with Gasteiger partial charge in [-0.15, -0.1) is 0 Å². The third-order valence-electron chi connectivity index (χ3n) is 4.78. The lowest BCUT2D eigenvalue weighted by Gasteiger charge is -2.17. The summed E-state index contributed by atoms with van der Waals surface area (Å²) in [4.78, 5) is 17.9. The Morgan fingerprint density at radius 1 is 1.24 bits per heavy atom. The second kappa shape index (κ2) is 11.9. The van der Waals surface area contributed by atoms with Crippen LogP contribution in [0.3, 0.4) is 0 Å². The molecule has 0 radical (unpaired) electrons. The average Bonchev–Trinajstić information content (AvgIpc) is 3.33. The van der Waals surface area contributed by atoms with Crippen molar-refractivity contribution in [1.82, 2.24) is 23.1 Å². The van der Waals surface area contributed by atoms with E-state index in [1.807, 2.05) is 30.3 Å². The molecule has 3 aromatic rings. The first kappa shape index (κ1) is 27.0. The van der Waals surface area contributed by atoms with Crippen LogP contribution in [0.25, 0.3) is 0 Å². The molecular formula is C21H25Br2N5O4S2. The van der Waals surface area contributed by atoms with Crippen molar-refractivity contribution in [3.8, 4) is 0 Å². The van der Waals surface area contributed by atoms with E-state index in [1.54, 1.807) is 23.9 Å². The Hall–Kier alpha value is -1.64. The van der Waals surface area contributed by atoms with Crippen LogP contribution in [0.2, 0.25) is 0 Å². The average molecular weight is 635 g/mol. The number of amides is 1. The summed E-state index contributed by atoms with van der Waals surface area (Å²) in [6.45, 7) is 0.582. The van der Waals surface area contributed by atoms with Crippen molar-refractivity contribution in [2.24, 2.45) is 0 Å². The number of aromatic nitrogens is 3. The van der Waals surface area contributed by atoms with Crippen molar-refractivity contribution >= 4 is 59.7 Å². The van der Waals surface area contributed by atoms with Crippen LogP contribution in [-0.2, 0) is 28.1 Å². The SMILES string of the molecule is COCn1c(C(=O)NCCCc2cnc(Sc3ccccc3)n2S(=O)(=O)N(C)C)cc(Br)c1Br. The number of hydrogen-bond acceptors (Lipinski definition) is 6. The Morgan fingerprint density at radius 3 is 2.59 bits per heavy atom. The van der Waals surface area contributed by atoms with Gasteiger partial charge in [-0.25, -0.2) is 8.96 Å². The molecule has 1 amide bonds. The van der Waals surface area contributed by atoms with Gasteiger partial charge in [0.2, 0.25) is 0 Å². The number of rotatable bonds is 11. The van der Waals surface area contributed by atoms with Gasteiger partial charge in [0.1, 0.15) is 17.0 Å². The number of ether oxygens (including phenoxy) is 1. The van der Waals surface area contributed by atoms with E-state index in [0.29, 0.717) is 40.5 Å². The molecule has 0 aliphatic carbocycles. The van der Waals surface area contributed by atoms with Gasteiger partial charge in [0.15, 0.2) is 5.16 Å². The molecule has 184 valence electrons. The van der Waals surface area contributed by atoms with Gasteiger partial charge in [-0.1, -0.05) is 30.0 Å². The van der Waals surface area contributed by atoms with Crippen molar-refractivity contribution in [2.75, 3.05) is 27.7 Å². The minimum Gasteiger partial charge on any atom is -0.364 e. The fourth-order valence-electron chi connectivity index (χ4n) is 3.09. The monoisotopic (exact) mass is 633 g/mol. The van der Waals surface area contributed by atoms with Gasteiger partial charge >= 0.3 is 10.2 Å². The zero-order valence-electron chi connectivity index (χ0n) is 18.9. The van der Waals surface area contributed by atoms with Crippen molar-refractivity contribution in [3.05, 3.63) is 63.1 Å². The molecule has 34 heavy (non-hydrogen) atoms. The maximum atomic E-state index is 13.0. The summed E-state index contributed by atoms with van der Waals surface area (Å²) in [5, 5.41) is 3.25. The topological polar surface area (TPSA) is 98.5 Å². The van der Waals surface area contributed by atoms with Crippen molar-refractivity contribution in [3.63, 3.8) is 0 Å². The van der Waals surface area contributed by atoms with E-state index in [0.717, 1.165) is 13.7 Å². The number of halogens is 2. The number of aryl methyl sites for hydroxylation is 1. The van der Waals surface area contributed by atoms with Gasteiger partial charge < -0.3 is 14.6 Å². The minimum atomic E-state index is -3.77. The van der Waals surface area contributed by atoms with Crippen molar-refractivity contribution in [1.29, 1.82) is 0 Å². The van der Waals surface area contributed by atoms with Gasteiger partial charge in [-0.2, -0.15) is 12.7 Å². The maximum Gasteiger partial charge on any atom is 0.309 e. The normalized spacial score (nSPS) is 11.8. The summed E-state index contributed by atoms with van der Waals surface area (Å²) in [6.07, 6.45) is 2.53. The first-order valence-electron chi connectivity index (χ1n) is 10.2. The van der Waals surface area contributed by atoms with E-state index >= 15 is 0 Å². The zero-order valence-corrected chi connectivity index (χ0v) is 23.7. The number of nitrogens with zero attached hydrogens (tertiary/aromatic N) is 4. The van der Waals surface area contributed by atoms with Gasteiger partial charge in [-0.05, 0) is 62.9 Å². The maximum absolute atomic E-state index is 13.0. The highest BCUT2D eigenvalue weighted by Crippen LogP contribution is 2.30. The van der Waals surface area contributed by atoms with Crippen LogP contribution < -0.4 is 5.32 Å². The fraction of sp³-hybridized carbons (Fsp3) is 0.333. The zero-order chi connectivity index (χ0) is 24.9. The summed E-state index contributed by atoms with van der Waals surface area (Å²) in [7, 11) is 0.755. The highest BCUT2D eigenvalue weighted by molar-refractivity contribution is 9.13. The molecule has 2 heterocycles. The largest absolute Gasteiger partial charge is 0.364 e. The Morgan fingerprint density at radius 2 is 1.94 bits per heavy atom. The number of carbonyl (C=O) groups excluding carboxylic acids is 1. The number of nitrogens with one attached hydrogen (secondary N) is 1. The molecule has 3 rings (SSSR count). The Bertz CT molecular complexity index is 1240. The lowest BCUT2D eigenvalue weighted by molar-refractivity contribution is 0.0909. The summed E-state index contributed by atoms with van der Waals surface area (Å²) in [6, 6.07) is 11.2. The standard InChI is InChI=1S/C21H25Br2N5O4S2/c1-26(2)34(30,31)28-15(13-25-21(28)33-16-9-5-4-6-10-16)8-7-11-24-20(29)18-12-17(22)19(23)27(18)14-32-3/h4-6,9-10,12-13H,7-8,11,14H2,1-3H3,(H,24,29). The molecule has 9 nitrogen and oxygen atoms in total. The first-order valence-corrected chi connectivity index (χ1v) is 14.0. The molecule has 0 saturated heterocycles. The number of hydrogen-bond donors (Lipinski definition) is 1. The van der Waals surface area contributed by atoms with Crippen LogP contribution in [0.1, 0.15) is 22.6 Å². The molecule has 0 aliphatic heterocycles. The van der Waals surface area contributed by atoms with Crippen LogP contribution >= 0.6 is 43.6 Å². The van der Waals surface area contributed by atoms with Crippen molar-refractivity contribution < 1.29 is 17.9 Å². The van der Waals surface area contributed by atoms with Gasteiger partial charge in [0.25, 0.3) is 5.91 Å². The third-order valence-corrected chi connectivity index (χ3v) is 9.66. The Kier molecular flexibility index (Phi) is 9.41. The van der Waals surface area contributed by atoms with Gasteiger partial charge in [-0.3, -0.25) is 4.79 Å². The molecule has 1 N–H and O–H groups in total. The van der Waals surface area contributed by atoms with Crippen LogP contribution in [0.4, 0.5) is 0 Å². The molecule has 2 aromatic heterocycles. The molecule has 0 spiro atoms. The lowest BCUT2D eigenvalue weighted by Crippen LogP contribution is -2.31. The molecule has 0 atom stereocenters. The molecular weight excluding hydrogens is 610 g/mol. The van der Waals surface area contributed by atoms with Crippen molar-refractivity contribution in [2.45, 2.75) is 29.6 Å². The van der Waals surface area contributed by atoms with Crippen LogP contribution in [0, 0.1) is 0 Å². The fourth-order valence-corrected chi connectivity index (χ4v) is 6.14. The highest BCUT2D eigenvalue weighted by atomic mass is 79.9. The first-order chi connectivity index (χ1) is 16.2. The van der Waals surface area contributed by atoms with E-state index in [2.05, 4.69) is 42.2 Å². The van der Waals surface area contributed by atoms with E-state index in [-0.39, 0.29) is 12.6 Å². The second-order valence-corrected chi connectivity index (χ2v) is 12.0. The van der Waals surface area contributed by atoms with E-state index in [1.165, 1.54) is 29.8 Å². The summed E-state index contributed by atoms with van der Waals surface area (Å²) < 4.78 is 36.8. The number of carbonyl (C=O) groups is 1. The molecule has 1 aromatic carbocycles. The summed E-state index contributed by atoms with van der Waals surface area (Å²) in [5.41, 5.74) is 0.997. The number of methoxy groups -OCH3 is 1. The van der Waals surface area contributed by atoms with Crippen LogP contribution in [0.5, 0.6) is 0 Å². The number of benzene rings is 1. The van der Waals surface area contributed by atoms with Crippen LogP contribution in [0.15, 0.2) is 61.7 Å². The summed E-state index contributed by atoms with van der Waals surface area (Å²) >= 11 is 8.12. The Labute approximate surface area is 220 Å². The van der Waals surface area contributed by atoms with E-state index < -0.39 is 10.2 Å². The van der Waals surface area contributed by atoms with E-state index in [4.69, 9.17) is 4.74 Å². The molecule has 13 heteroatoms. The summed E-state index contributed by atoms with van der Waals surface area (Å²) in [5.74, 6) is -0.252. The number of imidazole rings is 1. The second-order valence-electron chi connectivity index (χ2n) is 7.38. The van der Waals surface area contributed by atoms with Gasteiger partial charge in [0, 0.05) is 32.6 Å². The lowest BCUT2D eigenvalue weighted by atomic mass is 10.2. The molecule has 0 fully saturated rings. The molecule has 0 bridgehead atoms. The predicted octanol–water partition coefficient (Wildman–Crippen LogP) is 3.98. The highest BCUT2D eigenvalue weighted by Gasteiger charge is 2.25. The quantitative estimate of drug-likeness (QED) is 0.321. The molecule has 0 saturated carbocycles. The minimum absolute atomic E-state index is 0.221.